The topological polar surface area (TPSA) is 77.8 Å². The van der Waals surface area contributed by atoms with Crippen LogP contribution >= 0.6 is 11.8 Å². The van der Waals surface area contributed by atoms with Crippen LogP contribution < -0.4 is 0 Å². The number of carbonyl (C=O) groups excluding carboxylic acids is 1. The third-order valence-electron chi connectivity index (χ3n) is 1.77. The molecule has 15 heavy (non-hydrogen) atoms. The molecule has 0 aliphatic rings. The Morgan fingerprint density at radius 2 is 2.00 bits per heavy atom. The van der Waals surface area contributed by atoms with Gasteiger partial charge in [0, 0.05) is 19.7 Å². The molecule has 0 unspecified atom stereocenters. The molecule has 1 amide bonds. The normalized spacial score (nSPS) is 10.0. The molecule has 0 saturated carbocycles. The minimum absolute atomic E-state index is 0.0523. The lowest BCUT2D eigenvalue weighted by Gasteiger charge is -2.19. The number of nitrogens with zero attached hydrogens (tertiary/aromatic N) is 1. The molecule has 0 aromatic carbocycles. The van der Waals surface area contributed by atoms with Crippen LogP contribution in [0.15, 0.2) is 0 Å². The van der Waals surface area contributed by atoms with Crippen LogP contribution in [0, 0.1) is 0 Å². The number of hydrogen-bond acceptors (Lipinski definition) is 4. The van der Waals surface area contributed by atoms with E-state index in [9.17, 15) is 9.59 Å². The second kappa shape index (κ2) is 8.55. The average Bonchev–Trinajstić information content (AvgIpc) is 2.18. The highest BCUT2D eigenvalue weighted by molar-refractivity contribution is 8.00. The molecule has 0 aromatic rings. The summed E-state index contributed by atoms with van der Waals surface area (Å²) >= 11 is 1.09. The zero-order valence-electron chi connectivity index (χ0n) is 8.81. The molecule has 6 heteroatoms. The minimum Gasteiger partial charge on any atom is -0.481 e. The number of amides is 1. The SMILES string of the molecule is CCN(CCCO)C(=O)CSCC(=O)O. The van der Waals surface area contributed by atoms with Crippen molar-refractivity contribution in [2.75, 3.05) is 31.2 Å². The van der Waals surface area contributed by atoms with Gasteiger partial charge in [-0.15, -0.1) is 11.8 Å². The first-order chi connectivity index (χ1) is 7.11. The molecule has 0 radical (unpaired) electrons. The van der Waals surface area contributed by atoms with Crippen LogP contribution in [0.25, 0.3) is 0 Å². The second-order valence-electron chi connectivity index (χ2n) is 2.94. The van der Waals surface area contributed by atoms with Gasteiger partial charge in [-0.25, -0.2) is 0 Å². The Hall–Kier alpha value is -0.750. The number of hydrogen-bond donors (Lipinski definition) is 2. The van der Waals surface area contributed by atoms with Crippen molar-refractivity contribution in [3.05, 3.63) is 0 Å². The van der Waals surface area contributed by atoms with Gasteiger partial charge in [0.1, 0.15) is 0 Å². The van der Waals surface area contributed by atoms with Crippen LogP contribution in [0.1, 0.15) is 13.3 Å². The van der Waals surface area contributed by atoms with Gasteiger partial charge < -0.3 is 15.1 Å². The van der Waals surface area contributed by atoms with Crippen molar-refractivity contribution in [3.8, 4) is 0 Å². The van der Waals surface area contributed by atoms with Crippen LogP contribution in [0.2, 0.25) is 0 Å². The molecule has 0 spiro atoms. The second-order valence-corrected chi connectivity index (χ2v) is 3.92. The number of carboxylic acid groups (broad SMARTS) is 1. The molecule has 0 aliphatic heterocycles. The van der Waals surface area contributed by atoms with E-state index in [0.717, 1.165) is 11.8 Å². The van der Waals surface area contributed by atoms with Crippen molar-refractivity contribution in [1.29, 1.82) is 0 Å². The summed E-state index contributed by atoms with van der Waals surface area (Å²) in [6, 6.07) is 0. The van der Waals surface area contributed by atoms with Crippen molar-refractivity contribution in [2.45, 2.75) is 13.3 Å². The Balaban J connectivity index is 3.77. The maximum atomic E-state index is 11.5. The number of aliphatic hydroxyl groups is 1. The highest BCUT2D eigenvalue weighted by Crippen LogP contribution is 2.03. The molecule has 2 N–H and O–H groups in total. The number of aliphatic hydroxyl groups excluding tert-OH is 1. The lowest BCUT2D eigenvalue weighted by Crippen LogP contribution is -2.33. The quantitative estimate of drug-likeness (QED) is 0.621. The largest absolute Gasteiger partial charge is 0.481 e. The summed E-state index contributed by atoms with van der Waals surface area (Å²) in [7, 11) is 0. The highest BCUT2D eigenvalue weighted by Gasteiger charge is 2.11. The van der Waals surface area contributed by atoms with Crippen molar-refractivity contribution in [1.82, 2.24) is 4.90 Å². The first kappa shape index (κ1) is 14.2. The summed E-state index contributed by atoms with van der Waals surface area (Å²) in [4.78, 5) is 23.3. The van der Waals surface area contributed by atoms with E-state index >= 15 is 0 Å². The Bertz CT molecular complexity index is 210. The van der Waals surface area contributed by atoms with Gasteiger partial charge in [0.15, 0.2) is 0 Å². The van der Waals surface area contributed by atoms with Gasteiger partial charge in [-0.05, 0) is 13.3 Å². The first-order valence-electron chi connectivity index (χ1n) is 4.80. The fraction of sp³-hybridized carbons (Fsp3) is 0.778. The van der Waals surface area contributed by atoms with E-state index in [-0.39, 0.29) is 24.0 Å². The highest BCUT2D eigenvalue weighted by atomic mass is 32.2. The zero-order chi connectivity index (χ0) is 11.7. The average molecular weight is 235 g/mol. The molecule has 0 aromatic heterocycles. The molecule has 0 fully saturated rings. The van der Waals surface area contributed by atoms with E-state index in [1.165, 1.54) is 0 Å². The fourth-order valence-corrected chi connectivity index (χ4v) is 1.67. The smallest absolute Gasteiger partial charge is 0.313 e. The number of carbonyl (C=O) groups is 2. The fourth-order valence-electron chi connectivity index (χ4n) is 1.04. The first-order valence-corrected chi connectivity index (χ1v) is 5.95. The summed E-state index contributed by atoms with van der Waals surface area (Å²) in [5.41, 5.74) is 0. The van der Waals surface area contributed by atoms with E-state index in [1.54, 1.807) is 4.90 Å². The molecular weight excluding hydrogens is 218 g/mol. The predicted molar refractivity (Wildman–Crippen MR) is 58.9 cm³/mol. The maximum absolute atomic E-state index is 11.5. The number of carboxylic acids is 1. The van der Waals surface area contributed by atoms with Crippen LogP contribution in [-0.2, 0) is 9.59 Å². The summed E-state index contributed by atoms with van der Waals surface area (Å²) in [5, 5.41) is 17.0. The summed E-state index contributed by atoms with van der Waals surface area (Å²) in [6.45, 7) is 3.04. The molecule has 0 aliphatic carbocycles. The number of aliphatic carboxylic acids is 1. The van der Waals surface area contributed by atoms with Gasteiger partial charge >= 0.3 is 5.97 Å². The monoisotopic (exact) mass is 235 g/mol. The lowest BCUT2D eigenvalue weighted by molar-refractivity contribution is -0.133. The molecule has 0 rings (SSSR count). The molecular formula is C9H17NO4S. The van der Waals surface area contributed by atoms with Gasteiger partial charge in [-0.3, -0.25) is 9.59 Å². The van der Waals surface area contributed by atoms with Gasteiger partial charge in [-0.1, -0.05) is 0 Å². The summed E-state index contributed by atoms with van der Waals surface area (Å²) in [6.07, 6.45) is 0.559. The Kier molecular flexibility index (Phi) is 8.12. The molecule has 0 saturated heterocycles. The van der Waals surface area contributed by atoms with Crippen LogP contribution in [0.4, 0.5) is 0 Å². The van der Waals surface area contributed by atoms with E-state index in [2.05, 4.69) is 0 Å². The molecule has 0 atom stereocenters. The van der Waals surface area contributed by atoms with Crippen LogP contribution in [0.5, 0.6) is 0 Å². The molecule has 88 valence electrons. The van der Waals surface area contributed by atoms with E-state index in [0.29, 0.717) is 19.5 Å². The Morgan fingerprint density at radius 3 is 2.47 bits per heavy atom. The summed E-state index contributed by atoms with van der Waals surface area (Å²) in [5.74, 6) is -0.849. The van der Waals surface area contributed by atoms with Gasteiger partial charge in [0.2, 0.25) is 5.91 Å². The third-order valence-corrected chi connectivity index (χ3v) is 2.67. The Labute approximate surface area is 93.5 Å². The van der Waals surface area contributed by atoms with E-state index in [4.69, 9.17) is 10.2 Å². The third kappa shape index (κ3) is 7.21. The van der Waals surface area contributed by atoms with Crippen LogP contribution in [0.3, 0.4) is 0 Å². The van der Waals surface area contributed by atoms with Gasteiger partial charge in [0.25, 0.3) is 0 Å². The van der Waals surface area contributed by atoms with Crippen molar-refractivity contribution < 1.29 is 19.8 Å². The standard InChI is InChI=1S/C9H17NO4S/c1-2-10(4-3-5-11)8(12)6-15-7-9(13)14/h11H,2-7H2,1H3,(H,13,14). The Morgan fingerprint density at radius 1 is 1.33 bits per heavy atom. The number of rotatable bonds is 8. The maximum Gasteiger partial charge on any atom is 0.313 e. The van der Waals surface area contributed by atoms with Crippen molar-refractivity contribution in [3.63, 3.8) is 0 Å². The zero-order valence-corrected chi connectivity index (χ0v) is 9.63. The van der Waals surface area contributed by atoms with Crippen molar-refractivity contribution in [2.24, 2.45) is 0 Å². The minimum atomic E-state index is -0.911. The van der Waals surface area contributed by atoms with E-state index < -0.39 is 5.97 Å². The van der Waals surface area contributed by atoms with Crippen molar-refractivity contribution >= 4 is 23.6 Å². The number of thioether (sulfide) groups is 1. The van der Waals surface area contributed by atoms with E-state index in [1.807, 2.05) is 6.92 Å². The molecule has 5 nitrogen and oxygen atoms in total. The lowest BCUT2D eigenvalue weighted by atomic mass is 10.4. The molecule has 0 bridgehead atoms. The van der Waals surface area contributed by atoms with Crippen LogP contribution in [-0.4, -0.2) is 58.2 Å². The van der Waals surface area contributed by atoms with Gasteiger partial charge in [0.05, 0.1) is 11.5 Å². The van der Waals surface area contributed by atoms with Gasteiger partial charge in [-0.2, -0.15) is 0 Å². The summed E-state index contributed by atoms with van der Waals surface area (Å²) < 4.78 is 0. The molecule has 0 heterocycles. The predicted octanol–water partition coefficient (Wildman–Crippen LogP) is 0.0351.